The number of hydrogen-bond donors (Lipinski definition) is 1. The number of nitrogens with zero attached hydrogens (tertiary/aromatic N) is 1. The van der Waals surface area contributed by atoms with Crippen LogP contribution in [0, 0.1) is 5.82 Å². The average molecular weight is 583 g/mol. The lowest BCUT2D eigenvalue weighted by atomic mass is 9.88. The molecule has 1 heterocycles. The minimum Gasteiger partial charge on any atom is -0.489 e. The topological polar surface area (TPSA) is 43.3 Å². The summed E-state index contributed by atoms with van der Waals surface area (Å²) in [6.07, 6.45) is 3.21. The van der Waals surface area contributed by atoms with E-state index in [1.165, 1.54) is 17.7 Å². The summed E-state index contributed by atoms with van der Waals surface area (Å²) in [6.45, 7) is 1.63. The molecule has 0 fully saturated rings. The Labute approximate surface area is 257 Å². The van der Waals surface area contributed by atoms with Gasteiger partial charge in [-0.1, -0.05) is 103 Å². The normalized spacial score (nSPS) is 11.8. The van der Waals surface area contributed by atoms with Crippen LogP contribution in [0.5, 0.6) is 5.75 Å². The van der Waals surface area contributed by atoms with E-state index in [2.05, 4.69) is 52.5 Å². The number of ether oxygens (including phenoxy) is 1. The maximum Gasteiger partial charge on any atom is 0.220 e. The number of amides is 1. The third kappa shape index (κ3) is 7.24. The first-order chi connectivity index (χ1) is 21.6. The number of aromatic nitrogens is 1. The molecule has 6 rings (SSSR count). The summed E-state index contributed by atoms with van der Waals surface area (Å²) >= 11 is 0. The number of nitrogens with one attached hydrogen (secondary N) is 1. The number of para-hydroxylation sites is 1. The first kappa shape index (κ1) is 28.9. The van der Waals surface area contributed by atoms with Gasteiger partial charge in [-0.2, -0.15) is 0 Å². The van der Waals surface area contributed by atoms with Gasteiger partial charge in [0.2, 0.25) is 5.91 Å². The fourth-order valence-corrected chi connectivity index (χ4v) is 5.69. The summed E-state index contributed by atoms with van der Waals surface area (Å²) in [6, 6.07) is 43.2. The van der Waals surface area contributed by atoms with Crippen LogP contribution in [0.15, 0.2) is 140 Å². The van der Waals surface area contributed by atoms with E-state index in [1.807, 2.05) is 84.9 Å². The quantitative estimate of drug-likeness (QED) is 0.158. The van der Waals surface area contributed by atoms with Crippen molar-refractivity contribution < 1.29 is 13.9 Å². The van der Waals surface area contributed by atoms with Crippen LogP contribution in [0.4, 0.5) is 4.39 Å². The van der Waals surface area contributed by atoms with Gasteiger partial charge in [0.1, 0.15) is 18.2 Å². The third-order valence-corrected chi connectivity index (χ3v) is 7.94. The minimum absolute atomic E-state index is 0.00287. The van der Waals surface area contributed by atoms with Crippen LogP contribution in [0.3, 0.4) is 0 Å². The Morgan fingerprint density at radius 2 is 1.45 bits per heavy atom. The molecule has 5 aromatic carbocycles. The molecule has 0 unspecified atom stereocenters. The highest BCUT2D eigenvalue weighted by Crippen LogP contribution is 2.36. The first-order valence-electron chi connectivity index (χ1n) is 15.0. The summed E-state index contributed by atoms with van der Waals surface area (Å²) in [5.74, 6) is 0.304. The van der Waals surface area contributed by atoms with Crippen molar-refractivity contribution in [2.45, 2.75) is 31.9 Å². The van der Waals surface area contributed by atoms with Crippen molar-refractivity contribution in [1.82, 2.24) is 9.88 Å². The van der Waals surface area contributed by atoms with Crippen molar-refractivity contribution in [3.8, 4) is 5.75 Å². The molecule has 44 heavy (non-hydrogen) atoms. The summed E-state index contributed by atoms with van der Waals surface area (Å²) in [7, 11) is 0. The van der Waals surface area contributed by atoms with Crippen LogP contribution in [0.1, 0.15) is 40.2 Å². The highest BCUT2D eigenvalue weighted by molar-refractivity contribution is 5.87. The van der Waals surface area contributed by atoms with Gasteiger partial charge in [0.05, 0.1) is 0 Å². The van der Waals surface area contributed by atoms with Crippen LogP contribution in [-0.4, -0.2) is 17.0 Å². The Kier molecular flexibility index (Phi) is 9.12. The number of fused-ring (bicyclic) bond motifs is 1. The lowest BCUT2D eigenvalue weighted by molar-refractivity contribution is -0.121. The fraction of sp³-hybridized carbons (Fsp3) is 0.154. The van der Waals surface area contributed by atoms with Gasteiger partial charge in [0, 0.05) is 42.5 Å². The van der Waals surface area contributed by atoms with E-state index in [4.69, 9.17) is 4.74 Å². The monoisotopic (exact) mass is 582 g/mol. The Bertz CT molecular complexity index is 1810. The molecule has 0 aliphatic heterocycles. The van der Waals surface area contributed by atoms with Gasteiger partial charge in [-0.25, -0.2) is 4.39 Å². The standard InChI is InChI=1S/C39H35FN2O2/c40-33-20-18-30(19-21-33)26-42-27-37(35-16-7-8-17-38(35)42)36(25-39(43)41-23-22-29-10-3-1-4-11-29)32-14-9-15-34(24-32)44-28-31-12-5-2-6-13-31/h1-21,24,27,36H,22-23,25-26,28H2,(H,41,43)/t36-/m0/s1. The molecule has 0 aliphatic rings. The zero-order valence-corrected chi connectivity index (χ0v) is 24.5. The molecule has 0 radical (unpaired) electrons. The molecule has 5 heteroatoms. The van der Waals surface area contributed by atoms with Crippen molar-refractivity contribution in [3.63, 3.8) is 0 Å². The van der Waals surface area contributed by atoms with Crippen molar-refractivity contribution in [2.24, 2.45) is 0 Å². The molecule has 220 valence electrons. The van der Waals surface area contributed by atoms with Gasteiger partial charge in [0.15, 0.2) is 0 Å². The van der Waals surface area contributed by atoms with E-state index in [0.29, 0.717) is 26.1 Å². The Morgan fingerprint density at radius 3 is 2.23 bits per heavy atom. The van der Waals surface area contributed by atoms with Crippen LogP contribution in [0.2, 0.25) is 0 Å². The molecule has 0 aliphatic carbocycles. The van der Waals surface area contributed by atoms with Gasteiger partial charge >= 0.3 is 0 Å². The van der Waals surface area contributed by atoms with E-state index in [1.54, 1.807) is 0 Å². The fourth-order valence-electron chi connectivity index (χ4n) is 5.69. The number of hydrogen-bond acceptors (Lipinski definition) is 2. The van der Waals surface area contributed by atoms with Crippen molar-refractivity contribution in [1.29, 1.82) is 0 Å². The van der Waals surface area contributed by atoms with E-state index < -0.39 is 0 Å². The second-order valence-corrected chi connectivity index (χ2v) is 11.0. The van der Waals surface area contributed by atoms with E-state index >= 15 is 0 Å². The Morgan fingerprint density at radius 1 is 0.750 bits per heavy atom. The van der Waals surface area contributed by atoms with E-state index in [-0.39, 0.29) is 17.6 Å². The molecule has 6 aromatic rings. The lowest BCUT2D eigenvalue weighted by Gasteiger charge is -2.18. The summed E-state index contributed by atoms with van der Waals surface area (Å²) in [5.41, 5.74) is 6.44. The molecule has 4 nitrogen and oxygen atoms in total. The maximum atomic E-state index is 13.6. The number of carbonyl (C=O) groups is 1. The second-order valence-electron chi connectivity index (χ2n) is 11.0. The highest BCUT2D eigenvalue weighted by atomic mass is 19.1. The Balaban J connectivity index is 1.30. The second kappa shape index (κ2) is 13.9. The van der Waals surface area contributed by atoms with Gasteiger partial charge in [-0.15, -0.1) is 0 Å². The lowest BCUT2D eigenvalue weighted by Crippen LogP contribution is -2.27. The molecule has 0 bridgehead atoms. The molecule has 1 aromatic heterocycles. The molecule has 1 N–H and O–H groups in total. The highest BCUT2D eigenvalue weighted by Gasteiger charge is 2.23. The summed E-state index contributed by atoms with van der Waals surface area (Å²) < 4.78 is 22.0. The molecule has 1 amide bonds. The van der Waals surface area contributed by atoms with Gasteiger partial charge < -0.3 is 14.6 Å². The SMILES string of the molecule is O=C(C[C@@H](c1cccc(OCc2ccccc2)c1)c1cn(Cc2ccc(F)cc2)c2ccccc12)NCCc1ccccc1. The number of rotatable bonds is 12. The van der Waals surface area contributed by atoms with Gasteiger partial charge in [-0.3, -0.25) is 4.79 Å². The third-order valence-electron chi connectivity index (χ3n) is 7.94. The van der Waals surface area contributed by atoms with E-state index in [9.17, 15) is 9.18 Å². The van der Waals surface area contributed by atoms with Crippen molar-refractivity contribution >= 4 is 16.8 Å². The predicted molar refractivity (Wildman–Crippen MR) is 174 cm³/mol. The summed E-state index contributed by atoms with van der Waals surface area (Å²) in [5, 5.41) is 4.24. The zero-order chi connectivity index (χ0) is 30.1. The summed E-state index contributed by atoms with van der Waals surface area (Å²) in [4.78, 5) is 13.5. The molecule has 0 spiro atoms. The molecule has 0 saturated carbocycles. The molecule has 1 atom stereocenters. The van der Waals surface area contributed by atoms with Crippen LogP contribution >= 0.6 is 0 Å². The van der Waals surface area contributed by atoms with Crippen LogP contribution in [-0.2, 0) is 24.4 Å². The number of carbonyl (C=O) groups excluding carboxylic acids is 1. The minimum atomic E-state index is -0.250. The zero-order valence-electron chi connectivity index (χ0n) is 24.5. The largest absolute Gasteiger partial charge is 0.489 e. The number of benzene rings is 5. The van der Waals surface area contributed by atoms with Crippen LogP contribution < -0.4 is 10.1 Å². The van der Waals surface area contributed by atoms with Gasteiger partial charge in [0.25, 0.3) is 0 Å². The molecular weight excluding hydrogens is 547 g/mol. The predicted octanol–water partition coefficient (Wildman–Crippen LogP) is 8.29. The average Bonchev–Trinajstić information content (AvgIpc) is 3.42. The smallest absolute Gasteiger partial charge is 0.220 e. The first-order valence-corrected chi connectivity index (χ1v) is 15.0. The molecular formula is C39H35FN2O2. The Hall–Kier alpha value is -5.16. The maximum absolute atomic E-state index is 13.6. The number of halogens is 1. The molecule has 0 saturated heterocycles. The van der Waals surface area contributed by atoms with Crippen LogP contribution in [0.25, 0.3) is 10.9 Å². The van der Waals surface area contributed by atoms with Crippen molar-refractivity contribution in [3.05, 3.63) is 173 Å². The van der Waals surface area contributed by atoms with E-state index in [0.717, 1.165) is 45.3 Å². The van der Waals surface area contributed by atoms with Gasteiger partial charge in [-0.05, 0) is 64.6 Å². The van der Waals surface area contributed by atoms with Crippen molar-refractivity contribution in [2.75, 3.05) is 6.54 Å².